The van der Waals surface area contributed by atoms with E-state index in [0.717, 1.165) is 29.2 Å². The first-order valence-corrected chi connectivity index (χ1v) is 7.43. The molecule has 20 heavy (non-hydrogen) atoms. The van der Waals surface area contributed by atoms with E-state index in [1.165, 1.54) is 12.8 Å². The van der Waals surface area contributed by atoms with Crippen molar-refractivity contribution in [2.75, 3.05) is 0 Å². The highest BCUT2D eigenvalue weighted by atomic mass is 16.1. The highest BCUT2D eigenvalue weighted by Crippen LogP contribution is 2.33. The van der Waals surface area contributed by atoms with Crippen LogP contribution in [0.2, 0.25) is 0 Å². The summed E-state index contributed by atoms with van der Waals surface area (Å²) < 4.78 is 0. The minimum atomic E-state index is 0.202. The van der Waals surface area contributed by atoms with Crippen molar-refractivity contribution in [1.82, 2.24) is 10.3 Å². The largest absolute Gasteiger partial charge is 0.311 e. The van der Waals surface area contributed by atoms with Gasteiger partial charge in [0.25, 0.3) is 0 Å². The number of rotatable bonds is 2. The third kappa shape index (κ3) is 2.02. The minimum Gasteiger partial charge on any atom is -0.311 e. The van der Waals surface area contributed by atoms with Gasteiger partial charge >= 0.3 is 0 Å². The molecule has 2 fully saturated rings. The number of fused-ring (bicyclic) bond motifs is 3. The second kappa shape index (κ2) is 4.67. The maximum absolute atomic E-state index is 12.7. The Hall–Kier alpha value is -1.74. The molecule has 102 valence electrons. The molecule has 3 heterocycles. The predicted octanol–water partition coefficient (Wildman–Crippen LogP) is 2.95. The normalized spacial score (nSPS) is 28.7. The number of hydrogen-bond acceptors (Lipinski definition) is 3. The molecule has 2 aliphatic heterocycles. The van der Waals surface area contributed by atoms with E-state index < -0.39 is 0 Å². The summed E-state index contributed by atoms with van der Waals surface area (Å²) in [5.41, 5.74) is 0.856. The van der Waals surface area contributed by atoms with Gasteiger partial charge in [0.1, 0.15) is 0 Å². The van der Waals surface area contributed by atoms with Gasteiger partial charge in [-0.15, -0.1) is 0 Å². The lowest BCUT2D eigenvalue weighted by Gasteiger charge is -2.28. The Bertz CT molecular complexity index is 655. The molecule has 3 nitrogen and oxygen atoms in total. The fraction of sp³-hybridized carbons (Fsp3) is 0.412. The molecule has 1 N–H and O–H groups in total. The lowest BCUT2D eigenvalue weighted by Crippen LogP contribution is -2.40. The van der Waals surface area contributed by atoms with Gasteiger partial charge in [-0.05, 0) is 43.2 Å². The monoisotopic (exact) mass is 266 g/mol. The maximum atomic E-state index is 12.7. The summed E-state index contributed by atoms with van der Waals surface area (Å²) in [4.78, 5) is 16.8. The Labute approximate surface area is 118 Å². The average Bonchev–Trinajstić information content (AvgIpc) is 2.84. The van der Waals surface area contributed by atoms with E-state index in [-0.39, 0.29) is 5.92 Å². The number of nitrogens with zero attached hydrogens (tertiary/aromatic N) is 1. The zero-order valence-corrected chi connectivity index (χ0v) is 11.4. The molecule has 2 aliphatic rings. The van der Waals surface area contributed by atoms with Crippen LogP contribution >= 0.6 is 0 Å². The van der Waals surface area contributed by atoms with Gasteiger partial charge < -0.3 is 5.32 Å². The summed E-state index contributed by atoms with van der Waals surface area (Å²) in [7, 11) is 0. The van der Waals surface area contributed by atoms with Gasteiger partial charge in [-0.25, -0.2) is 0 Å². The van der Waals surface area contributed by atoms with Crippen molar-refractivity contribution in [3.63, 3.8) is 0 Å². The molecule has 0 saturated carbocycles. The van der Waals surface area contributed by atoms with Crippen molar-refractivity contribution in [2.24, 2.45) is 5.92 Å². The van der Waals surface area contributed by atoms with Crippen LogP contribution < -0.4 is 5.32 Å². The molecule has 0 amide bonds. The standard InChI is InChI=1S/C17H18N2O/c20-17(14-8-15-3-4-16(9-14)19-15)12-1-2-13-10-18-6-5-11(13)7-12/h1-2,5-7,10,14-16,19H,3-4,8-9H2. The van der Waals surface area contributed by atoms with Crippen molar-refractivity contribution < 1.29 is 4.79 Å². The number of aromatic nitrogens is 1. The third-order valence-electron chi connectivity index (χ3n) is 4.77. The van der Waals surface area contributed by atoms with E-state index in [9.17, 15) is 4.79 Å². The summed E-state index contributed by atoms with van der Waals surface area (Å²) in [6.45, 7) is 0. The minimum absolute atomic E-state index is 0.202. The molecule has 2 unspecified atom stereocenters. The highest BCUT2D eigenvalue weighted by Gasteiger charge is 2.36. The Morgan fingerprint density at radius 1 is 1.10 bits per heavy atom. The number of pyridine rings is 1. The van der Waals surface area contributed by atoms with Gasteiger partial charge in [0.05, 0.1) is 0 Å². The van der Waals surface area contributed by atoms with E-state index in [0.29, 0.717) is 17.9 Å². The molecule has 0 radical (unpaired) electrons. The first kappa shape index (κ1) is 12.0. The lowest BCUT2D eigenvalue weighted by atomic mass is 9.85. The van der Waals surface area contributed by atoms with Crippen LogP contribution in [0.15, 0.2) is 36.7 Å². The second-order valence-corrected chi connectivity index (χ2v) is 6.11. The van der Waals surface area contributed by atoms with Crippen LogP contribution in [0, 0.1) is 5.92 Å². The van der Waals surface area contributed by atoms with Gasteiger partial charge in [0, 0.05) is 41.3 Å². The molecule has 0 aliphatic carbocycles. The second-order valence-electron chi connectivity index (χ2n) is 6.11. The van der Waals surface area contributed by atoms with Gasteiger partial charge in [0.2, 0.25) is 0 Å². The van der Waals surface area contributed by atoms with Crippen molar-refractivity contribution in [1.29, 1.82) is 0 Å². The Morgan fingerprint density at radius 2 is 1.90 bits per heavy atom. The molecular weight excluding hydrogens is 248 g/mol. The number of piperidine rings is 1. The summed E-state index contributed by atoms with van der Waals surface area (Å²) in [5.74, 6) is 0.523. The van der Waals surface area contributed by atoms with E-state index in [1.807, 2.05) is 30.5 Å². The van der Waals surface area contributed by atoms with Crippen molar-refractivity contribution in [2.45, 2.75) is 37.8 Å². The molecule has 2 saturated heterocycles. The van der Waals surface area contributed by atoms with Crippen molar-refractivity contribution in [3.8, 4) is 0 Å². The van der Waals surface area contributed by atoms with Crippen LogP contribution in [0.25, 0.3) is 10.8 Å². The smallest absolute Gasteiger partial charge is 0.166 e. The quantitative estimate of drug-likeness (QED) is 0.850. The van der Waals surface area contributed by atoms with E-state index in [4.69, 9.17) is 0 Å². The SMILES string of the molecule is O=C(c1ccc2cnccc2c1)C1CC2CCC(C1)N2. The lowest BCUT2D eigenvalue weighted by molar-refractivity contribution is 0.0876. The average molecular weight is 266 g/mol. The summed E-state index contributed by atoms with van der Waals surface area (Å²) in [6, 6.07) is 9.07. The van der Waals surface area contributed by atoms with Crippen LogP contribution in [0.1, 0.15) is 36.0 Å². The molecule has 3 heteroatoms. The number of carbonyl (C=O) groups excluding carboxylic acids is 1. The fourth-order valence-corrected chi connectivity index (χ4v) is 3.74. The molecule has 4 rings (SSSR count). The summed E-state index contributed by atoms with van der Waals surface area (Å²) >= 11 is 0. The number of hydrogen-bond donors (Lipinski definition) is 1. The van der Waals surface area contributed by atoms with Crippen LogP contribution in [-0.4, -0.2) is 22.9 Å². The molecule has 2 bridgehead atoms. The molecule has 1 aromatic heterocycles. The molecule has 2 aromatic rings. The topological polar surface area (TPSA) is 42.0 Å². The van der Waals surface area contributed by atoms with E-state index in [2.05, 4.69) is 10.3 Å². The van der Waals surface area contributed by atoms with Gasteiger partial charge in [-0.1, -0.05) is 12.1 Å². The highest BCUT2D eigenvalue weighted by molar-refractivity contribution is 6.01. The van der Waals surface area contributed by atoms with Crippen LogP contribution in [-0.2, 0) is 0 Å². The predicted molar refractivity (Wildman–Crippen MR) is 78.7 cm³/mol. The Kier molecular flexibility index (Phi) is 2.81. The van der Waals surface area contributed by atoms with E-state index in [1.54, 1.807) is 6.20 Å². The van der Waals surface area contributed by atoms with Crippen molar-refractivity contribution >= 4 is 16.6 Å². The van der Waals surface area contributed by atoms with Crippen LogP contribution in [0.4, 0.5) is 0 Å². The summed E-state index contributed by atoms with van der Waals surface area (Å²) in [6.07, 6.45) is 8.10. The number of benzene rings is 1. The van der Waals surface area contributed by atoms with Crippen LogP contribution in [0.5, 0.6) is 0 Å². The molecular formula is C17H18N2O. The number of carbonyl (C=O) groups is 1. The van der Waals surface area contributed by atoms with Gasteiger partial charge in [0.15, 0.2) is 5.78 Å². The van der Waals surface area contributed by atoms with Crippen molar-refractivity contribution in [3.05, 3.63) is 42.2 Å². The number of Topliss-reactive ketones (excluding diaryl/α,β-unsaturated/α-hetero) is 1. The third-order valence-corrected chi connectivity index (χ3v) is 4.77. The molecule has 0 spiro atoms. The number of ketones is 1. The van der Waals surface area contributed by atoms with Crippen LogP contribution in [0.3, 0.4) is 0 Å². The first-order chi connectivity index (χ1) is 9.79. The summed E-state index contributed by atoms with van der Waals surface area (Å²) in [5, 5.41) is 5.79. The fourth-order valence-electron chi connectivity index (χ4n) is 3.74. The molecule has 2 atom stereocenters. The zero-order chi connectivity index (χ0) is 13.5. The van der Waals surface area contributed by atoms with Gasteiger partial charge in [-0.3, -0.25) is 9.78 Å². The maximum Gasteiger partial charge on any atom is 0.166 e. The zero-order valence-electron chi connectivity index (χ0n) is 11.4. The number of nitrogens with one attached hydrogen (secondary N) is 1. The first-order valence-electron chi connectivity index (χ1n) is 7.43. The molecule has 1 aromatic carbocycles. The van der Waals surface area contributed by atoms with Gasteiger partial charge in [-0.2, -0.15) is 0 Å². The Morgan fingerprint density at radius 3 is 2.70 bits per heavy atom. The Balaban J connectivity index is 1.63. The van der Waals surface area contributed by atoms with E-state index >= 15 is 0 Å².